The molecular formula is C16H23N5O2. The van der Waals surface area contributed by atoms with Gasteiger partial charge in [-0.25, -0.2) is 0 Å². The number of aromatic nitrogens is 3. The van der Waals surface area contributed by atoms with Crippen LogP contribution in [0.1, 0.15) is 31.4 Å². The number of amides is 1. The summed E-state index contributed by atoms with van der Waals surface area (Å²) in [6, 6.07) is 1.98. The van der Waals surface area contributed by atoms with Crippen molar-refractivity contribution in [3.63, 3.8) is 0 Å². The van der Waals surface area contributed by atoms with Gasteiger partial charge in [0, 0.05) is 37.8 Å². The van der Waals surface area contributed by atoms with E-state index in [2.05, 4.69) is 15.2 Å². The molecule has 1 atom stereocenters. The first-order valence-corrected chi connectivity index (χ1v) is 8.05. The van der Waals surface area contributed by atoms with Crippen molar-refractivity contribution in [1.82, 2.24) is 19.8 Å². The lowest BCUT2D eigenvalue weighted by Gasteiger charge is -2.31. The van der Waals surface area contributed by atoms with Gasteiger partial charge in [-0.05, 0) is 31.7 Å². The Morgan fingerprint density at radius 3 is 3.13 bits per heavy atom. The molecule has 1 amide bonds. The van der Waals surface area contributed by atoms with E-state index in [4.69, 9.17) is 10.3 Å². The molecule has 7 heteroatoms. The minimum absolute atomic E-state index is 0.210. The largest absolute Gasteiger partial charge is 0.370 e. The number of hydrogen-bond donors (Lipinski definition) is 1. The Balaban J connectivity index is 1.56. The third-order valence-electron chi connectivity index (χ3n) is 4.34. The van der Waals surface area contributed by atoms with Crippen LogP contribution in [0.15, 0.2) is 23.0 Å². The SMILES string of the molecule is Cn1cc(-c2cc(CN3CCCC(CCC(N)=O)C3)on2)cn1. The van der Waals surface area contributed by atoms with Gasteiger partial charge in [0.15, 0.2) is 5.76 Å². The first-order chi connectivity index (χ1) is 11.1. The lowest BCUT2D eigenvalue weighted by molar-refractivity contribution is -0.118. The quantitative estimate of drug-likeness (QED) is 0.873. The molecule has 0 aliphatic carbocycles. The van der Waals surface area contributed by atoms with E-state index >= 15 is 0 Å². The van der Waals surface area contributed by atoms with E-state index in [-0.39, 0.29) is 5.91 Å². The summed E-state index contributed by atoms with van der Waals surface area (Å²) in [5, 5.41) is 8.28. The van der Waals surface area contributed by atoms with Crippen LogP contribution in [-0.4, -0.2) is 38.8 Å². The molecule has 2 N–H and O–H groups in total. The zero-order chi connectivity index (χ0) is 16.2. The van der Waals surface area contributed by atoms with Crippen LogP contribution in [0.5, 0.6) is 0 Å². The molecule has 1 saturated heterocycles. The summed E-state index contributed by atoms with van der Waals surface area (Å²) in [6.45, 7) is 2.78. The van der Waals surface area contributed by atoms with Gasteiger partial charge in [0.05, 0.1) is 12.7 Å². The number of hydrogen-bond acceptors (Lipinski definition) is 5. The molecule has 1 fully saturated rings. The van der Waals surface area contributed by atoms with E-state index in [0.29, 0.717) is 12.3 Å². The molecule has 1 aliphatic rings. The van der Waals surface area contributed by atoms with Gasteiger partial charge in [0.25, 0.3) is 0 Å². The van der Waals surface area contributed by atoms with Crippen LogP contribution >= 0.6 is 0 Å². The van der Waals surface area contributed by atoms with Crippen molar-refractivity contribution in [2.45, 2.75) is 32.2 Å². The first kappa shape index (κ1) is 15.7. The molecule has 23 heavy (non-hydrogen) atoms. The third-order valence-corrected chi connectivity index (χ3v) is 4.34. The second kappa shape index (κ2) is 6.95. The van der Waals surface area contributed by atoms with Gasteiger partial charge in [-0.2, -0.15) is 5.10 Å². The maximum Gasteiger partial charge on any atom is 0.217 e. The molecule has 2 aromatic heterocycles. The Morgan fingerprint density at radius 2 is 2.39 bits per heavy atom. The Hall–Kier alpha value is -2.15. The zero-order valence-corrected chi connectivity index (χ0v) is 13.4. The molecule has 1 unspecified atom stereocenters. The van der Waals surface area contributed by atoms with Crippen LogP contribution in [0.2, 0.25) is 0 Å². The normalized spacial score (nSPS) is 19.1. The number of nitrogens with zero attached hydrogens (tertiary/aromatic N) is 4. The summed E-state index contributed by atoms with van der Waals surface area (Å²) < 4.78 is 7.21. The van der Waals surface area contributed by atoms with E-state index in [1.54, 1.807) is 10.9 Å². The van der Waals surface area contributed by atoms with Gasteiger partial charge >= 0.3 is 0 Å². The number of rotatable bonds is 6. The predicted octanol–water partition coefficient (Wildman–Crippen LogP) is 1.55. The van der Waals surface area contributed by atoms with Crippen LogP contribution in [0.3, 0.4) is 0 Å². The summed E-state index contributed by atoms with van der Waals surface area (Å²) in [7, 11) is 1.88. The van der Waals surface area contributed by atoms with Crippen LogP contribution in [0, 0.1) is 5.92 Å². The van der Waals surface area contributed by atoms with Crippen molar-refractivity contribution < 1.29 is 9.32 Å². The Morgan fingerprint density at radius 1 is 1.52 bits per heavy atom. The molecule has 0 aromatic carbocycles. The minimum atomic E-state index is -0.210. The summed E-state index contributed by atoms with van der Waals surface area (Å²) in [5.74, 6) is 1.19. The third kappa shape index (κ3) is 4.19. The Bertz CT molecular complexity index is 663. The number of nitrogens with two attached hydrogens (primary N) is 1. The monoisotopic (exact) mass is 317 g/mol. The lowest BCUT2D eigenvalue weighted by Crippen LogP contribution is -2.35. The number of primary amides is 1. The van der Waals surface area contributed by atoms with Gasteiger partial charge in [-0.15, -0.1) is 0 Å². The fourth-order valence-electron chi connectivity index (χ4n) is 3.17. The first-order valence-electron chi connectivity index (χ1n) is 8.05. The topological polar surface area (TPSA) is 90.2 Å². The number of likely N-dealkylation sites (tertiary alicyclic amines) is 1. The van der Waals surface area contributed by atoms with Gasteiger partial charge in [0.2, 0.25) is 5.91 Å². The highest BCUT2D eigenvalue weighted by Gasteiger charge is 2.21. The lowest BCUT2D eigenvalue weighted by atomic mass is 9.93. The van der Waals surface area contributed by atoms with Gasteiger partial charge in [-0.3, -0.25) is 14.4 Å². The molecule has 2 aromatic rings. The van der Waals surface area contributed by atoms with E-state index in [9.17, 15) is 4.79 Å². The van der Waals surface area contributed by atoms with Crippen molar-refractivity contribution in [2.75, 3.05) is 13.1 Å². The average Bonchev–Trinajstić information content (AvgIpc) is 3.14. The van der Waals surface area contributed by atoms with Crippen LogP contribution in [0.25, 0.3) is 11.3 Å². The standard InChI is InChI=1S/C16H23N5O2/c1-20-10-13(8-18-20)15-7-14(23-19-15)11-21-6-2-3-12(9-21)4-5-16(17)22/h7-8,10,12H,2-6,9,11H2,1H3,(H2,17,22). The predicted molar refractivity (Wildman–Crippen MR) is 85.1 cm³/mol. The molecule has 0 spiro atoms. The summed E-state index contributed by atoms with van der Waals surface area (Å²) in [4.78, 5) is 13.3. The van der Waals surface area contributed by atoms with Crippen molar-refractivity contribution >= 4 is 5.91 Å². The number of carbonyl (C=O) groups excluding carboxylic acids is 1. The van der Waals surface area contributed by atoms with Gasteiger partial charge in [0.1, 0.15) is 5.69 Å². The Kier molecular flexibility index (Phi) is 4.76. The molecule has 1 aliphatic heterocycles. The zero-order valence-electron chi connectivity index (χ0n) is 13.4. The summed E-state index contributed by atoms with van der Waals surface area (Å²) in [5.41, 5.74) is 7.02. The average molecular weight is 317 g/mol. The van der Waals surface area contributed by atoms with Crippen LogP contribution in [0.4, 0.5) is 0 Å². The number of carbonyl (C=O) groups is 1. The molecule has 0 bridgehead atoms. The van der Waals surface area contributed by atoms with E-state index in [1.807, 2.05) is 19.3 Å². The van der Waals surface area contributed by atoms with E-state index in [0.717, 1.165) is 49.5 Å². The van der Waals surface area contributed by atoms with E-state index in [1.165, 1.54) is 6.42 Å². The fraction of sp³-hybridized carbons (Fsp3) is 0.562. The van der Waals surface area contributed by atoms with Crippen molar-refractivity contribution in [1.29, 1.82) is 0 Å². The minimum Gasteiger partial charge on any atom is -0.370 e. The number of aryl methyl sites for hydroxylation is 1. The van der Waals surface area contributed by atoms with E-state index < -0.39 is 0 Å². The molecule has 3 heterocycles. The highest BCUT2D eigenvalue weighted by atomic mass is 16.5. The van der Waals surface area contributed by atoms with Crippen molar-refractivity contribution in [2.24, 2.45) is 18.7 Å². The van der Waals surface area contributed by atoms with Crippen LogP contribution < -0.4 is 5.73 Å². The number of piperidine rings is 1. The van der Waals surface area contributed by atoms with Crippen molar-refractivity contribution in [3.8, 4) is 11.3 Å². The summed E-state index contributed by atoms with van der Waals surface area (Å²) >= 11 is 0. The Labute approximate surface area is 135 Å². The van der Waals surface area contributed by atoms with Crippen molar-refractivity contribution in [3.05, 3.63) is 24.2 Å². The molecule has 3 rings (SSSR count). The van der Waals surface area contributed by atoms with Crippen LogP contribution in [-0.2, 0) is 18.4 Å². The maximum atomic E-state index is 10.9. The van der Waals surface area contributed by atoms with Gasteiger partial charge < -0.3 is 10.3 Å². The van der Waals surface area contributed by atoms with Gasteiger partial charge in [-0.1, -0.05) is 5.16 Å². The second-order valence-electron chi connectivity index (χ2n) is 6.33. The molecule has 7 nitrogen and oxygen atoms in total. The molecular weight excluding hydrogens is 294 g/mol. The molecule has 0 radical (unpaired) electrons. The highest BCUT2D eigenvalue weighted by Crippen LogP contribution is 2.24. The summed E-state index contributed by atoms with van der Waals surface area (Å²) in [6.07, 6.45) is 7.37. The smallest absolute Gasteiger partial charge is 0.217 e. The highest BCUT2D eigenvalue weighted by molar-refractivity contribution is 5.73. The maximum absolute atomic E-state index is 10.9. The fourth-order valence-corrected chi connectivity index (χ4v) is 3.17. The molecule has 124 valence electrons. The second-order valence-corrected chi connectivity index (χ2v) is 6.33. The molecule has 0 saturated carbocycles.